The smallest absolute Gasteiger partial charge is 0.338 e. The van der Waals surface area contributed by atoms with Crippen LogP contribution in [0.15, 0.2) is 24.4 Å². The number of benzene rings is 1. The third kappa shape index (κ3) is 2.94. The second-order valence-electron chi connectivity index (χ2n) is 4.57. The van der Waals surface area contributed by atoms with Gasteiger partial charge in [0, 0.05) is 17.1 Å². The number of aliphatic carboxylic acids is 1. The maximum absolute atomic E-state index is 11.7. The first-order valence-corrected chi connectivity index (χ1v) is 6.46. The van der Waals surface area contributed by atoms with Crippen LogP contribution in [0.5, 0.6) is 0 Å². The molecular weight excluding hydrogens is 274 g/mol. The van der Waals surface area contributed by atoms with Gasteiger partial charge < -0.3 is 14.4 Å². The van der Waals surface area contributed by atoms with Gasteiger partial charge >= 0.3 is 11.9 Å². The SMILES string of the molecule is CCOC(=O)c1ccc2c(C(C)=O)cn(CC(=O)O)c2c1. The number of carboxylic acids is 1. The average molecular weight is 289 g/mol. The summed E-state index contributed by atoms with van der Waals surface area (Å²) < 4.78 is 6.36. The van der Waals surface area contributed by atoms with Crippen LogP contribution in [0.1, 0.15) is 34.6 Å². The van der Waals surface area contributed by atoms with Crippen LogP contribution in [0.4, 0.5) is 0 Å². The molecule has 0 spiro atoms. The highest BCUT2D eigenvalue weighted by Gasteiger charge is 2.16. The van der Waals surface area contributed by atoms with Crippen molar-refractivity contribution < 1.29 is 24.2 Å². The van der Waals surface area contributed by atoms with Gasteiger partial charge in [-0.1, -0.05) is 6.07 Å². The van der Waals surface area contributed by atoms with Crippen LogP contribution in [0.2, 0.25) is 0 Å². The number of esters is 1. The quantitative estimate of drug-likeness (QED) is 0.673. The van der Waals surface area contributed by atoms with Crippen LogP contribution in [-0.4, -0.2) is 34.0 Å². The van der Waals surface area contributed by atoms with Gasteiger partial charge in [0.1, 0.15) is 6.54 Å². The van der Waals surface area contributed by atoms with Gasteiger partial charge in [0.25, 0.3) is 0 Å². The van der Waals surface area contributed by atoms with E-state index in [-0.39, 0.29) is 18.9 Å². The number of rotatable bonds is 5. The number of ether oxygens (including phenoxy) is 1. The summed E-state index contributed by atoms with van der Waals surface area (Å²) >= 11 is 0. The summed E-state index contributed by atoms with van der Waals surface area (Å²) in [5, 5.41) is 9.56. The lowest BCUT2D eigenvalue weighted by Gasteiger charge is -2.04. The summed E-state index contributed by atoms with van der Waals surface area (Å²) in [6.45, 7) is 3.10. The first-order chi connectivity index (χ1) is 9.93. The first kappa shape index (κ1) is 14.8. The van der Waals surface area contributed by atoms with Crippen LogP contribution < -0.4 is 0 Å². The van der Waals surface area contributed by atoms with Crippen LogP contribution in [0.25, 0.3) is 10.9 Å². The number of ketones is 1. The van der Waals surface area contributed by atoms with E-state index in [0.29, 0.717) is 22.0 Å². The van der Waals surface area contributed by atoms with Crippen LogP contribution >= 0.6 is 0 Å². The van der Waals surface area contributed by atoms with Gasteiger partial charge in [-0.25, -0.2) is 4.79 Å². The van der Waals surface area contributed by atoms with Gasteiger partial charge in [-0.15, -0.1) is 0 Å². The molecule has 2 aromatic rings. The van der Waals surface area contributed by atoms with Gasteiger partial charge in [0.2, 0.25) is 0 Å². The van der Waals surface area contributed by atoms with Crippen molar-refractivity contribution in [2.75, 3.05) is 6.61 Å². The zero-order chi connectivity index (χ0) is 15.6. The van der Waals surface area contributed by atoms with Crippen molar-refractivity contribution in [2.24, 2.45) is 0 Å². The Balaban J connectivity index is 2.60. The maximum Gasteiger partial charge on any atom is 0.338 e. The molecule has 0 aliphatic carbocycles. The number of carboxylic acid groups (broad SMARTS) is 1. The summed E-state index contributed by atoms with van der Waals surface area (Å²) in [4.78, 5) is 34.3. The standard InChI is InChI=1S/C15H15NO5/c1-3-21-15(20)10-4-5-11-12(9(2)17)7-16(8-14(18)19)13(11)6-10/h4-7H,3,8H2,1-2H3,(H,18,19). The van der Waals surface area contributed by atoms with Crippen molar-refractivity contribution in [1.29, 1.82) is 0 Å². The number of carbonyl (C=O) groups is 3. The zero-order valence-electron chi connectivity index (χ0n) is 11.8. The zero-order valence-corrected chi connectivity index (χ0v) is 11.8. The molecule has 0 radical (unpaired) electrons. The molecule has 110 valence electrons. The maximum atomic E-state index is 11.7. The summed E-state index contributed by atoms with van der Waals surface area (Å²) in [5.74, 6) is -1.66. The Kier molecular flexibility index (Phi) is 4.07. The molecule has 0 fully saturated rings. The Labute approximate surface area is 120 Å². The molecule has 0 aliphatic heterocycles. The van der Waals surface area contributed by atoms with Crippen LogP contribution in [0, 0.1) is 0 Å². The van der Waals surface area contributed by atoms with E-state index >= 15 is 0 Å². The fourth-order valence-corrected chi connectivity index (χ4v) is 2.19. The second kappa shape index (κ2) is 5.78. The number of hydrogen-bond donors (Lipinski definition) is 1. The van der Waals surface area contributed by atoms with E-state index in [1.165, 1.54) is 17.7 Å². The Morgan fingerprint density at radius 3 is 2.57 bits per heavy atom. The topological polar surface area (TPSA) is 85.6 Å². The van der Waals surface area contributed by atoms with Crippen molar-refractivity contribution in [2.45, 2.75) is 20.4 Å². The van der Waals surface area contributed by atoms with Gasteiger partial charge in [0.05, 0.1) is 17.7 Å². The summed E-state index contributed by atoms with van der Waals surface area (Å²) in [5.41, 5.74) is 1.28. The van der Waals surface area contributed by atoms with Crippen LogP contribution in [0.3, 0.4) is 0 Å². The second-order valence-corrected chi connectivity index (χ2v) is 4.57. The van der Waals surface area contributed by atoms with E-state index in [2.05, 4.69) is 0 Å². The highest BCUT2D eigenvalue weighted by Crippen LogP contribution is 2.24. The predicted octanol–water partition coefficient (Wildman–Crippen LogP) is 2.11. The molecular formula is C15H15NO5. The van der Waals surface area contributed by atoms with E-state index in [0.717, 1.165) is 0 Å². The van der Waals surface area contributed by atoms with Gasteiger partial charge in [-0.05, 0) is 26.0 Å². The lowest BCUT2D eigenvalue weighted by atomic mass is 10.1. The minimum absolute atomic E-state index is 0.159. The summed E-state index contributed by atoms with van der Waals surface area (Å²) in [7, 11) is 0. The molecule has 6 nitrogen and oxygen atoms in total. The molecule has 1 heterocycles. The van der Waals surface area contributed by atoms with E-state index in [1.54, 1.807) is 25.1 Å². The number of aromatic nitrogens is 1. The number of fused-ring (bicyclic) bond motifs is 1. The molecule has 0 aliphatic rings. The van der Waals surface area contributed by atoms with Gasteiger partial charge in [0.15, 0.2) is 5.78 Å². The van der Waals surface area contributed by atoms with E-state index in [9.17, 15) is 14.4 Å². The van der Waals surface area contributed by atoms with Crippen molar-refractivity contribution in [3.05, 3.63) is 35.5 Å². The van der Waals surface area contributed by atoms with Crippen molar-refractivity contribution >= 4 is 28.6 Å². The Bertz CT molecular complexity index is 729. The lowest BCUT2D eigenvalue weighted by Crippen LogP contribution is -2.08. The Morgan fingerprint density at radius 1 is 1.29 bits per heavy atom. The number of nitrogens with zero attached hydrogens (tertiary/aromatic N) is 1. The molecule has 6 heteroatoms. The Hall–Kier alpha value is -2.63. The summed E-state index contributed by atoms with van der Waals surface area (Å²) in [6, 6.07) is 4.75. The molecule has 1 aromatic heterocycles. The molecule has 1 aromatic carbocycles. The summed E-state index contributed by atoms with van der Waals surface area (Å²) in [6.07, 6.45) is 1.50. The lowest BCUT2D eigenvalue weighted by molar-refractivity contribution is -0.137. The van der Waals surface area contributed by atoms with E-state index < -0.39 is 11.9 Å². The fourth-order valence-electron chi connectivity index (χ4n) is 2.19. The number of Topliss-reactive ketones (excluding diaryl/α,β-unsaturated/α-hetero) is 1. The molecule has 0 amide bonds. The minimum atomic E-state index is -1.02. The monoisotopic (exact) mass is 289 g/mol. The Morgan fingerprint density at radius 2 is 2.00 bits per heavy atom. The molecule has 0 unspecified atom stereocenters. The van der Waals surface area contributed by atoms with E-state index in [1.807, 2.05) is 0 Å². The third-order valence-corrected chi connectivity index (χ3v) is 3.08. The van der Waals surface area contributed by atoms with Crippen LogP contribution in [-0.2, 0) is 16.1 Å². The minimum Gasteiger partial charge on any atom is -0.480 e. The van der Waals surface area contributed by atoms with Crippen molar-refractivity contribution in [1.82, 2.24) is 4.57 Å². The van der Waals surface area contributed by atoms with Crippen molar-refractivity contribution in [3.63, 3.8) is 0 Å². The third-order valence-electron chi connectivity index (χ3n) is 3.08. The number of carbonyl (C=O) groups excluding carboxylic acids is 2. The van der Waals surface area contributed by atoms with E-state index in [4.69, 9.17) is 9.84 Å². The molecule has 21 heavy (non-hydrogen) atoms. The molecule has 0 saturated carbocycles. The highest BCUT2D eigenvalue weighted by atomic mass is 16.5. The van der Waals surface area contributed by atoms with Gasteiger partial charge in [-0.2, -0.15) is 0 Å². The first-order valence-electron chi connectivity index (χ1n) is 6.46. The van der Waals surface area contributed by atoms with Gasteiger partial charge in [-0.3, -0.25) is 9.59 Å². The fraction of sp³-hybridized carbons (Fsp3) is 0.267. The molecule has 2 rings (SSSR count). The highest BCUT2D eigenvalue weighted by molar-refractivity contribution is 6.08. The van der Waals surface area contributed by atoms with Crippen molar-refractivity contribution in [3.8, 4) is 0 Å². The molecule has 0 bridgehead atoms. The normalized spacial score (nSPS) is 10.6. The largest absolute Gasteiger partial charge is 0.480 e. The number of hydrogen-bond acceptors (Lipinski definition) is 4. The average Bonchev–Trinajstić information content (AvgIpc) is 2.77. The molecule has 0 atom stereocenters. The molecule has 0 saturated heterocycles. The predicted molar refractivity (Wildman–Crippen MR) is 75.5 cm³/mol. The molecule has 1 N–H and O–H groups in total.